The van der Waals surface area contributed by atoms with Crippen LogP contribution in [0.15, 0.2) is 42.7 Å². The first-order valence-electron chi connectivity index (χ1n) is 10.3. The van der Waals surface area contributed by atoms with Crippen LogP contribution in [0.5, 0.6) is 5.75 Å². The van der Waals surface area contributed by atoms with Crippen molar-refractivity contribution in [2.75, 3.05) is 23.7 Å². The number of benzene rings is 2. The summed E-state index contributed by atoms with van der Waals surface area (Å²) in [6.45, 7) is 1.72. The highest BCUT2D eigenvalue weighted by Crippen LogP contribution is 2.31. The van der Waals surface area contributed by atoms with Gasteiger partial charge in [-0.25, -0.2) is 4.39 Å². The molecule has 4 rings (SSSR count). The Morgan fingerprint density at radius 3 is 2.55 bits per heavy atom. The molecule has 0 aliphatic carbocycles. The molecule has 6 nitrogen and oxygen atoms in total. The van der Waals surface area contributed by atoms with Crippen LogP contribution in [0.2, 0.25) is 10.0 Å². The number of nitrogen functional groups attached to an aromatic ring is 1. The molecule has 9 heteroatoms. The van der Waals surface area contributed by atoms with Gasteiger partial charge in [-0.05, 0) is 31.0 Å². The summed E-state index contributed by atoms with van der Waals surface area (Å²) in [5.74, 6) is -0.769. The number of nitrogens with one attached hydrogen (secondary N) is 1. The topological polar surface area (TPSA) is 99.0 Å². The van der Waals surface area contributed by atoms with Gasteiger partial charge < -0.3 is 15.4 Å². The average Bonchev–Trinajstić information content (AvgIpc) is 3.34. The minimum Gasteiger partial charge on any atom is -0.486 e. The van der Waals surface area contributed by atoms with E-state index in [1.165, 1.54) is 18.5 Å². The van der Waals surface area contributed by atoms with E-state index in [1.54, 1.807) is 12.1 Å². The molecule has 1 fully saturated rings. The normalized spacial score (nSPS) is 13.1. The quantitative estimate of drug-likeness (QED) is 0.352. The second-order valence-electron chi connectivity index (χ2n) is 7.65. The Morgan fingerprint density at radius 2 is 1.88 bits per heavy atom. The number of anilines is 2. The zero-order valence-electron chi connectivity index (χ0n) is 17.5. The maximum atomic E-state index is 14.5. The van der Waals surface area contributed by atoms with Crippen molar-refractivity contribution >= 4 is 40.3 Å². The largest absolute Gasteiger partial charge is 0.486 e. The summed E-state index contributed by atoms with van der Waals surface area (Å²) in [4.78, 5) is 6.05. The van der Waals surface area contributed by atoms with Crippen LogP contribution in [0, 0.1) is 22.6 Å². The van der Waals surface area contributed by atoms with Crippen molar-refractivity contribution in [1.82, 2.24) is 4.98 Å². The summed E-state index contributed by atoms with van der Waals surface area (Å²) in [6, 6.07) is 9.98. The van der Waals surface area contributed by atoms with Gasteiger partial charge in [-0.15, -0.1) is 0 Å². The highest BCUT2D eigenvalue weighted by molar-refractivity contribution is 6.35. The Hall–Kier alpha value is -3.34. The van der Waals surface area contributed by atoms with Crippen LogP contribution in [-0.4, -0.2) is 23.8 Å². The van der Waals surface area contributed by atoms with E-state index in [0.29, 0.717) is 26.7 Å². The standard InChI is InChI=1S/C24H20Cl2FN5O/c25-18-11-31-12-19(26)17(18)13-33-23-8-16(21(29)9-20(23)27)24(30)14-3-4-22(15(7-14)10-28)32-5-1-2-6-32/h3-4,7-9,11-12,30H,1-2,5-6,13,29H2. The third kappa shape index (κ3) is 4.72. The first-order chi connectivity index (χ1) is 15.9. The van der Waals surface area contributed by atoms with Crippen molar-refractivity contribution in [2.45, 2.75) is 19.4 Å². The van der Waals surface area contributed by atoms with Crippen LogP contribution in [0.4, 0.5) is 15.8 Å². The number of ether oxygens (including phenoxy) is 1. The van der Waals surface area contributed by atoms with Gasteiger partial charge in [0.1, 0.15) is 12.7 Å². The molecular weight excluding hydrogens is 464 g/mol. The number of pyridine rings is 1. The highest BCUT2D eigenvalue weighted by Gasteiger charge is 2.19. The maximum Gasteiger partial charge on any atom is 0.167 e. The van der Waals surface area contributed by atoms with Crippen molar-refractivity contribution in [3.63, 3.8) is 0 Å². The molecule has 1 aromatic heterocycles. The SMILES string of the molecule is N#Cc1cc(C(=N)c2cc(OCc3c(Cl)cncc3Cl)c(F)cc2N)ccc1N1CCCC1. The van der Waals surface area contributed by atoms with E-state index in [0.717, 1.165) is 37.7 Å². The van der Waals surface area contributed by atoms with Crippen molar-refractivity contribution in [3.05, 3.63) is 80.8 Å². The summed E-state index contributed by atoms with van der Waals surface area (Å²) < 4.78 is 20.2. The van der Waals surface area contributed by atoms with Gasteiger partial charge in [0.15, 0.2) is 11.6 Å². The van der Waals surface area contributed by atoms with Crippen molar-refractivity contribution < 1.29 is 9.13 Å². The summed E-state index contributed by atoms with van der Waals surface area (Å²) >= 11 is 12.2. The molecule has 2 heterocycles. The molecule has 0 amide bonds. The predicted octanol–water partition coefficient (Wildman–Crippen LogP) is 5.58. The van der Waals surface area contributed by atoms with Crippen molar-refractivity contribution in [2.24, 2.45) is 0 Å². The molecule has 1 aliphatic rings. The molecule has 33 heavy (non-hydrogen) atoms. The predicted molar refractivity (Wildman–Crippen MR) is 128 cm³/mol. The monoisotopic (exact) mass is 483 g/mol. The Morgan fingerprint density at radius 1 is 1.18 bits per heavy atom. The smallest absolute Gasteiger partial charge is 0.167 e. The number of hydrogen-bond acceptors (Lipinski definition) is 6. The van der Waals surface area contributed by atoms with Crippen molar-refractivity contribution in [3.8, 4) is 11.8 Å². The Balaban J connectivity index is 1.62. The summed E-state index contributed by atoms with van der Waals surface area (Å²) in [5.41, 5.74) is 8.77. The van der Waals surface area contributed by atoms with Gasteiger partial charge in [0.05, 0.1) is 27.0 Å². The van der Waals surface area contributed by atoms with E-state index in [1.807, 2.05) is 6.07 Å². The zero-order valence-corrected chi connectivity index (χ0v) is 19.0. The minimum atomic E-state index is -0.674. The molecule has 2 aromatic carbocycles. The Bertz CT molecular complexity index is 1250. The van der Waals surface area contributed by atoms with E-state index in [4.69, 9.17) is 39.1 Å². The molecule has 3 aromatic rings. The molecule has 168 valence electrons. The fourth-order valence-corrected chi connectivity index (χ4v) is 4.27. The molecule has 1 aliphatic heterocycles. The van der Waals surface area contributed by atoms with Crippen LogP contribution >= 0.6 is 23.2 Å². The number of rotatable bonds is 6. The molecule has 0 atom stereocenters. The molecule has 0 unspecified atom stereocenters. The number of hydrogen-bond donors (Lipinski definition) is 2. The molecular formula is C24H20Cl2FN5O. The lowest BCUT2D eigenvalue weighted by molar-refractivity contribution is 0.290. The van der Waals surface area contributed by atoms with Crippen molar-refractivity contribution in [1.29, 1.82) is 10.7 Å². The van der Waals surface area contributed by atoms with E-state index in [2.05, 4.69) is 16.0 Å². The van der Waals surface area contributed by atoms with Gasteiger partial charge >= 0.3 is 0 Å². The summed E-state index contributed by atoms with van der Waals surface area (Å²) in [6.07, 6.45) is 5.02. The van der Waals surface area contributed by atoms with Crippen LogP contribution < -0.4 is 15.4 Å². The van der Waals surface area contributed by atoms with Gasteiger partial charge in [-0.1, -0.05) is 29.3 Å². The van der Waals surface area contributed by atoms with E-state index in [9.17, 15) is 9.65 Å². The molecule has 0 spiro atoms. The van der Waals surface area contributed by atoms with Crippen LogP contribution in [0.3, 0.4) is 0 Å². The lowest BCUT2D eigenvalue weighted by Gasteiger charge is -2.20. The lowest BCUT2D eigenvalue weighted by atomic mass is 9.98. The number of aromatic nitrogens is 1. The third-order valence-corrected chi connectivity index (χ3v) is 6.20. The van der Waals surface area contributed by atoms with E-state index < -0.39 is 5.82 Å². The van der Waals surface area contributed by atoms with E-state index >= 15 is 0 Å². The number of nitrogens with zero attached hydrogens (tertiary/aromatic N) is 3. The lowest BCUT2D eigenvalue weighted by Crippen LogP contribution is -2.19. The van der Waals surface area contributed by atoms with Crippen LogP contribution in [-0.2, 0) is 6.61 Å². The molecule has 0 radical (unpaired) electrons. The van der Waals surface area contributed by atoms with Gasteiger partial charge in [-0.3, -0.25) is 10.4 Å². The summed E-state index contributed by atoms with van der Waals surface area (Å²) in [5, 5.41) is 18.9. The minimum absolute atomic E-state index is 0.0572. The fourth-order valence-electron chi connectivity index (χ4n) is 3.79. The van der Waals surface area contributed by atoms with Gasteiger partial charge in [0.2, 0.25) is 0 Å². The van der Waals surface area contributed by atoms with Gasteiger partial charge in [0, 0.05) is 53.9 Å². The molecule has 0 bridgehead atoms. The molecule has 1 saturated heterocycles. The second-order valence-corrected chi connectivity index (χ2v) is 8.47. The zero-order chi connectivity index (χ0) is 23.5. The molecule has 3 N–H and O–H groups in total. The van der Waals surface area contributed by atoms with E-state index in [-0.39, 0.29) is 29.3 Å². The van der Waals surface area contributed by atoms with Gasteiger partial charge in [0.25, 0.3) is 0 Å². The first-order valence-corrected chi connectivity index (χ1v) is 11.0. The maximum absolute atomic E-state index is 14.5. The molecule has 0 saturated carbocycles. The second kappa shape index (κ2) is 9.65. The van der Waals surface area contributed by atoms with Crippen LogP contribution in [0.25, 0.3) is 0 Å². The first kappa shape index (κ1) is 22.8. The van der Waals surface area contributed by atoms with Crippen LogP contribution in [0.1, 0.15) is 35.1 Å². The fraction of sp³-hybridized carbons (Fsp3) is 0.208. The highest BCUT2D eigenvalue weighted by atomic mass is 35.5. The number of nitrogens with two attached hydrogens (primary N) is 1. The summed E-state index contributed by atoms with van der Waals surface area (Å²) in [7, 11) is 0. The average molecular weight is 484 g/mol. The third-order valence-electron chi connectivity index (χ3n) is 5.55. The number of nitriles is 1. The van der Waals surface area contributed by atoms with Gasteiger partial charge in [-0.2, -0.15) is 5.26 Å². The Labute approximate surface area is 200 Å². The number of halogens is 3. The Kier molecular flexibility index (Phi) is 6.68.